The fourth-order valence-electron chi connectivity index (χ4n) is 3.04. The van der Waals surface area contributed by atoms with Gasteiger partial charge >= 0.3 is 0 Å². The van der Waals surface area contributed by atoms with Gasteiger partial charge in [-0.3, -0.25) is 5.10 Å². The molecule has 2 heterocycles. The molecule has 0 unspecified atom stereocenters. The van der Waals surface area contributed by atoms with E-state index in [-0.39, 0.29) is 5.92 Å². The van der Waals surface area contributed by atoms with Crippen LogP contribution in [0.25, 0.3) is 0 Å². The largest absolute Gasteiger partial charge is 0.263 e. The number of benzene rings is 1. The highest BCUT2D eigenvalue weighted by molar-refractivity contribution is 7.89. The van der Waals surface area contributed by atoms with E-state index in [4.69, 9.17) is 0 Å². The summed E-state index contributed by atoms with van der Waals surface area (Å²) in [4.78, 5) is 4.76. The van der Waals surface area contributed by atoms with Crippen molar-refractivity contribution in [2.24, 2.45) is 0 Å². The molecule has 1 N–H and O–H groups in total. The number of H-pyrrole nitrogens is 1. The molecule has 3 rings (SSSR count). The Kier molecular flexibility index (Phi) is 3.80. The van der Waals surface area contributed by atoms with Gasteiger partial charge in [-0.15, -0.1) is 0 Å². The Morgan fingerprint density at radius 3 is 2.13 bits per heavy atom. The summed E-state index contributed by atoms with van der Waals surface area (Å²) in [6.45, 7) is 10.4. The average Bonchev–Trinajstić information content (AvgIpc) is 2.80. The number of nitrogens with zero attached hydrogens (tertiary/aromatic N) is 3. The third-order valence-electron chi connectivity index (χ3n) is 4.72. The lowest BCUT2D eigenvalue weighted by molar-refractivity contribution is 0.256. The Morgan fingerprint density at radius 1 is 1.09 bits per heavy atom. The minimum Gasteiger partial charge on any atom is -0.263 e. The second-order valence-corrected chi connectivity index (χ2v) is 8.26. The molecular formula is C16H22N4O2S. The standard InChI is InChI=1S/C16H22N4O2S/c1-9-6-10(2)12(4)15(11(9)3)23(21,22)20-7-14(8-20)16-17-13(5)18-19-16/h6,14H,7-8H2,1-5H3,(H,17,18,19). The lowest BCUT2D eigenvalue weighted by atomic mass is 10.0. The smallest absolute Gasteiger partial charge is 0.243 e. The summed E-state index contributed by atoms with van der Waals surface area (Å²) in [5, 5.41) is 6.94. The molecule has 0 saturated carbocycles. The van der Waals surface area contributed by atoms with E-state index < -0.39 is 10.0 Å². The highest BCUT2D eigenvalue weighted by Crippen LogP contribution is 2.34. The van der Waals surface area contributed by atoms with Crippen LogP contribution in [0.15, 0.2) is 11.0 Å². The van der Waals surface area contributed by atoms with Crippen LogP contribution in [0.4, 0.5) is 0 Å². The first-order valence-corrected chi connectivity index (χ1v) is 9.12. The van der Waals surface area contributed by atoms with Crippen LogP contribution in [0.2, 0.25) is 0 Å². The number of sulfonamides is 1. The van der Waals surface area contributed by atoms with Gasteiger partial charge in [0.05, 0.1) is 4.90 Å². The molecule has 1 aliphatic rings. The molecule has 1 fully saturated rings. The van der Waals surface area contributed by atoms with Gasteiger partial charge in [-0.2, -0.15) is 9.40 Å². The number of aryl methyl sites for hydroxylation is 3. The highest BCUT2D eigenvalue weighted by Gasteiger charge is 2.40. The second kappa shape index (κ2) is 5.42. The molecule has 0 radical (unpaired) electrons. The van der Waals surface area contributed by atoms with E-state index in [0.29, 0.717) is 23.8 Å². The van der Waals surface area contributed by atoms with Crippen LogP contribution in [0.5, 0.6) is 0 Å². The number of hydrogen-bond acceptors (Lipinski definition) is 4. The first-order chi connectivity index (χ1) is 10.7. The van der Waals surface area contributed by atoms with Gasteiger partial charge in [-0.1, -0.05) is 6.07 Å². The number of rotatable bonds is 3. The molecule has 0 aliphatic carbocycles. The van der Waals surface area contributed by atoms with Crippen molar-refractivity contribution in [3.05, 3.63) is 40.0 Å². The van der Waals surface area contributed by atoms with E-state index in [1.807, 2.05) is 40.7 Å². The summed E-state index contributed by atoms with van der Waals surface area (Å²) >= 11 is 0. The molecule has 23 heavy (non-hydrogen) atoms. The van der Waals surface area contributed by atoms with E-state index in [2.05, 4.69) is 15.2 Å². The van der Waals surface area contributed by atoms with Crippen molar-refractivity contribution >= 4 is 10.0 Å². The minimum absolute atomic E-state index is 0.0706. The van der Waals surface area contributed by atoms with Crippen molar-refractivity contribution in [2.45, 2.75) is 45.4 Å². The van der Waals surface area contributed by atoms with Gasteiger partial charge in [0.1, 0.15) is 5.82 Å². The quantitative estimate of drug-likeness (QED) is 0.932. The molecular weight excluding hydrogens is 312 g/mol. The van der Waals surface area contributed by atoms with Crippen molar-refractivity contribution in [3.8, 4) is 0 Å². The normalized spacial score (nSPS) is 16.6. The van der Waals surface area contributed by atoms with Gasteiger partial charge in [-0.05, 0) is 56.9 Å². The van der Waals surface area contributed by atoms with Crippen molar-refractivity contribution in [2.75, 3.05) is 13.1 Å². The number of nitrogens with one attached hydrogen (secondary N) is 1. The van der Waals surface area contributed by atoms with E-state index >= 15 is 0 Å². The van der Waals surface area contributed by atoms with Gasteiger partial charge in [0.15, 0.2) is 5.82 Å². The Morgan fingerprint density at radius 2 is 1.65 bits per heavy atom. The lowest BCUT2D eigenvalue weighted by Crippen LogP contribution is -2.49. The van der Waals surface area contributed by atoms with E-state index in [1.165, 1.54) is 4.31 Å². The van der Waals surface area contributed by atoms with Crippen LogP contribution in [0.1, 0.15) is 39.8 Å². The maximum atomic E-state index is 13.0. The molecule has 1 aliphatic heterocycles. The maximum absolute atomic E-state index is 13.0. The molecule has 124 valence electrons. The predicted molar refractivity (Wildman–Crippen MR) is 88.0 cm³/mol. The van der Waals surface area contributed by atoms with Crippen molar-refractivity contribution < 1.29 is 8.42 Å². The minimum atomic E-state index is -3.48. The van der Waals surface area contributed by atoms with Crippen LogP contribution in [0.3, 0.4) is 0 Å². The highest BCUT2D eigenvalue weighted by atomic mass is 32.2. The van der Waals surface area contributed by atoms with Gasteiger partial charge in [0, 0.05) is 19.0 Å². The maximum Gasteiger partial charge on any atom is 0.243 e. The van der Waals surface area contributed by atoms with Gasteiger partial charge < -0.3 is 0 Å². The summed E-state index contributed by atoms with van der Waals surface area (Å²) < 4.78 is 27.6. The molecule has 1 saturated heterocycles. The summed E-state index contributed by atoms with van der Waals surface area (Å²) in [6, 6.07) is 2.04. The Labute approximate surface area is 137 Å². The summed E-state index contributed by atoms with van der Waals surface area (Å²) in [6.07, 6.45) is 0. The van der Waals surface area contributed by atoms with Gasteiger partial charge in [-0.25, -0.2) is 13.4 Å². The van der Waals surface area contributed by atoms with E-state index in [1.54, 1.807) is 0 Å². The summed E-state index contributed by atoms with van der Waals surface area (Å²) in [7, 11) is -3.48. The van der Waals surface area contributed by atoms with E-state index in [0.717, 1.165) is 28.1 Å². The fraction of sp³-hybridized carbons (Fsp3) is 0.500. The van der Waals surface area contributed by atoms with Crippen molar-refractivity contribution in [1.29, 1.82) is 0 Å². The molecule has 0 bridgehead atoms. The number of aromatic amines is 1. The second-order valence-electron chi connectivity index (χ2n) is 6.39. The zero-order valence-corrected chi connectivity index (χ0v) is 15.0. The third-order valence-corrected chi connectivity index (χ3v) is 6.83. The fourth-order valence-corrected chi connectivity index (χ4v) is 5.14. The number of aromatic nitrogens is 3. The monoisotopic (exact) mass is 334 g/mol. The molecule has 0 atom stereocenters. The lowest BCUT2D eigenvalue weighted by Gasteiger charge is -2.37. The molecule has 0 amide bonds. The van der Waals surface area contributed by atoms with E-state index in [9.17, 15) is 8.42 Å². The summed E-state index contributed by atoms with van der Waals surface area (Å²) in [5.41, 5.74) is 3.69. The zero-order chi connectivity index (χ0) is 16.9. The van der Waals surface area contributed by atoms with Gasteiger partial charge in [0.25, 0.3) is 0 Å². The van der Waals surface area contributed by atoms with Crippen molar-refractivity contribution in [3.63, 3.8) is 0 Å². The third kappa shape index (κ3) is 2.57. The molecule has 1 aromatic carbocycles. The topological polar surface area (TPSA) is 79.0 Å². The van der Waals surface area contributed by atoms with Crippen molar-refractivity contribution in [1.82, 2.24) is 19.5 Å². The van der Waals surface area contributed by atoms with Gasteiger partial charge in [0.2, 0.25) is 10.0 Å². The Balaban J connectivity index is 1.90. The molecule has 0 spiro atoms. The molecule has 2 aromatic rings. The molecule has 1 aromatic heterocycles. The van der Waals surface area contributed by atoms with Crippen LogP contribution >= 0.6 is 0 Å². The first kappa shape index (κ1) is 16.1. The van der Waals surface area contributed by atoms with Crippen LogP contribution < -0.4 is 0 Å². The van der Waals surface area contributed by atoms with Crippen LogP contribution in [-0.2, 0) is 10.0 Å². The predicted octanol–water partition coefficient (Wildman–Crippen LogP) is 2.13. The zero-order valence-electron chi connectivity index (χ0n) is 14.1. The SMILES string of the molecule is Cc1nc(C2CN(S(=O)(=O)c3c(C)c(C)cc(C)c3C)C2)n[nH]1. The summed E-state index contributed by atoms with van der Waals surface area (Å²) in [5.74, 6) is 1.52. The molecule has 7 heteroatoms. The molecule has 6 nitrogen and oxygen atoms in total. The Bertz CT molecular complexity index is 838. The van der Waals surface area contributed by atoms with Crippen LogP contribution in [0, 0.1) is 34.6 Å². The Hall–Kier alpha value is -1.73. The first-order valence-electron chi connectivity index (χ1n) is 7.68. The van der Waals surface area contributed by atoms with Crippen LogP contribution in [-0.4, -0.2) is 41.0 Å². The number of hydrogen-bond donors (Lipinski definition) is 1. The average molecular weight is 334 g/mol.